The Morgan fingerprint density at radius 1 is 0.568 bits per heavy atom. The van der Waals surface area contributed by atoms with Gasteiger partial charge in [0.05, 0.1) is 56.7 Å². The summed E-state index contributed by atoms with van der Waals surface area (Å²) in [7, 11) is 0. The molecule has 3 fully saturated rings. The number of imidazole rings is 3. The zero-order chi connectivity index (χ0) is 84.4. The van der Waals surface area contributed by atoms with Crippen molar-refractivity contribution in [2.75, 3.05) is 44.6 Å². The summed E-state index contributed by atoms with van der Waals surface area (Å²) in [6.07, 6.45) is -9.64. The number of aryl methyl sites for hydroxylation is 3. The number of halogens is 1. The molecule has 3 saturated heterocycles. The van der Waals surface area contributed by atoms with Crippen molar-refractivity contribution in [3.8, 4) is 11.1 Å². The summed E-state index contributed by atoms with van der Waals surface area (Å²) >= 11 is 6.03. The number of rotatable bonds is 27. The van der Waals surface area contributed by atoms with Crippen LogP contribution in [-0.2, 0) is 76.4 Å². The topological polar surface area (TPSA) is 589 Å². The van der Waals surface area contributed by atoms with Gasteiger partial charge in [-0.2, -0.15) is 10.1 Å². The molecule has 0 spiro atoms. The quantitative estimate of drug-likeness (QED) is 0.0196. The Labute approximate surface area is 675 Å². The smallest absolute Gasteiger partial charge is 0.348 e. The lowest BCUT2D eigenvalue weighted by Gasteiger charge is -2.32. The number of aliphatic imine (C=N–C) groups is 1. The van der Waals surface area contributed by atoms with Gasteiger partial charge in [-0.25, -0.2) is 68.8 Å². The van der Waals surface area contributed by atoms with E-state index in [4.69, 9.17) is 56.2 Å². The van der Waals surface area contributed by atoms with Crippen molar-refractivity contribution in [3.05, 3.63) is 173 Å². The van der Waals surface area contributed by atoms with Crippen LogP contribution in [0.2, 0.25) is 5.28 Å². The monoisotopic (exact) mass is 1650 g/mol. The fraction of sp³-hybridized carbons (Fsp3) is 0.403. The summed E-state index contributed by atoms with van der Waals surface area (Å²) in [5.74, 6) is -6.46. The zero-order valence-electron chi connectivity index (χ0n) is 63.6. The number of esters is 1. The molecular formula is C77H86ClN17O23. The van der Waals surface area contributed by atoms with Crippen LogP contribution in [0.25, 0.3) is 44.6 Å². The summed E-state index contributed by atoms with van der Waals surface area (Å²) in [6, 6.07) is 30.3. The van der Waals surface area contributed by atoms with Crippen LogP contribution < -0.4 is 11.5 Å². The zero-order valence-corrected chi connectivity index (χ0v) is 64.3. The maximum absolute atomic E-state index is 13.0. The number of ether oxygens (including phenoxy) is 7. The average molecular weight is 1650 g/mol. The number of azo groups is 1. The molecule has 118 heavy (non-hydrogen) atoms. The summed E-state index contributed by atoms with van der Waals surface area (Å²) in [4.78, 5) is 116. The number of fused-ring (bicyclic) bond motifs is 3. The number of aliphatic hydroxyl groups is 6. The molecule has 0 saturated carbocycles. The fourth-order valence-corrected chi connectivity index (χ4v) is 14.1. The standard InChI is InChI=1S/C29H26ClN7O8.C25H31N5O7.C22H25N5O8.CH4/c1-14-20-23(35-28(30)34-14)37(13-32-20)24-22(39)21(38)19(45-24)11-44-29(27(42)43,26-31-12-33-36-26)10-15-6-8-16(9-7-15)17-4-2-3-5-18(17)25(40)41;1-5-35-23(33)25(14(2)31,11-16-9-7-6-8-10-16)36-12-17-24(4,34)19(32)22(37-17)30-13-27-18-20(26)28-15(3)29-21(18)30;1-11-25-16(23)14-17(26-11)27(10-24-14)18-15(28)21(2,33)13(35-18)9-34-22(19(29)30,20(31)32)8-12-6-4-3-5-7-12;/h2-9,13,19,21-22,24,38-39H,10-12H2,1H3,(H,40,41)(H,42,43);6-10,13,17,19,22,32,34H,5,11-12H2,1-4H3,(H2,26,28,29);3-7,10,13,15,18,28,33H,8-9H2,1-2H3,(H,29,30)(H,31,32)(H2,23,25,26);1H4/t19-,21-,22-,24-,29?;17-,19+,22-,24-,25?;13-,15+,18-,21-;/m111./s1. The summed E-state index contributed by atoms with van der Waals surface area (Å²) in [5, 5.41) is 113. The molecule has 0 amide bonds. The molecule has 2 unspecified atom stereocenters. The number of aliphatic carboxylic acids is 3. The van der Waals surface area contributed by atoms with Crippen LogP contribution >= 0.6 is 11.6 Å². The van der Waals surface area contributed by atoms with Crippen LogP contribution in [0.1, 0.15) is 98.2 Å². The van der Waals surface area contributed by atoms with Gasteiger partial charge in [-0.3, -0.25) is 18.5 Å². The van der Waals surface area contributed by atoms with Crippen LogP contribution in [0.15, 0.2) is 143 Å². The van der Waals surface area contributed by atoms with Gasteiger partial charge in [-0.05, 0) is 94.0 Å². The van der Waals surface area contributed by atoms with Gasteiger partial charge < -0.3 is 95.7 Å². The van der Waals surface area contributed by atoms with Gasteiger partial charge in [0.1, 0.15) is 82.1 Å². The highest BCUT2D eigenvalue weighted by Crippen LogP contribution is 2.43. The van der Waals surface area contributed by atoms with Gasteiger partial charge in [0.2, 0.25) is 16.5 Å². The second-order valence-electron chi connectivity index (χ2n) is 28.3. The van der Waals surface area contributed by atoms with E-state index in [1.165, 1.54) is 59.5 Å². The van der Waals surface area contributed by atoms with E-state index in [9.17, 15) is 79.8 Å². The number of aliphatic hydroxyl groups excluding tert-OH is 4. The van der Waals surface area contributed by atoms with E-state index >= 15 is 0 Å². The summed E-state index contributed by atoms with van der Waals surface area (Å²) in [6.45, 7) is 8.97. The number of carboxylic acid groups (broad SMARTS) is 4. The number of nitrogens with zero attached hydrogens (tertiary/aromatic N) is 15. The largest absolute Gasteiger partial charge is 0.479 e. The van der Waals surface area contributed by atoms with Crippen molar-refractivity contribution in [1.82, 2.24) is 58.6 Å². The third-order valence-electron chi connectivity index (χ3n) is 20.4. The molecule has 0 bridgehead atoms. The Kier molecular flexibility index (Phi) is 26.0. The first-order chi connectivity index (χ1) is 55.6. The Bertz CT molecular complexity index is 5430. The first-order valence-corrected chi connectivity index (χ1v) is 36.6. The minimum atomic E-state index is -2.65. The van der Waals surface area contributed by atoms with Crippen molar-refractivity contribution >= 4 is 98.2 Å². The van der Waals surface area contributed by atoms with Crippen LogP contribution in [-0.4, -0.2) is 255 Å². The van der Waals surface area contributed by atoms with E-state index in [0.29, 0.717) is 61.8 Å². The number of benzene rings is 4. The number of carboxylic acids is 4. The Hall–Kier alpha value is -11.8. The van der Waals surface area contributed by atoms with Crippen molar-refractivity contribution in [3.63, 3.8) is 0 Å². The van der Waals surface area contributed by atoms with Crippen molar-refractivity contribution in [1.29, 1.82) is 0 Å². The van der Waals surface area contributed by atoms with E-state index < -0.39 is 151 Å². The SMILES string of the molecule is C.CCOC(=O)C(Cc1ccccc1)(OC[C@H]1O[C@@H](n2cnc3c(N)nc(C)nc32)[C@H](O)[C@]1(C)O)C(C)=O.Cc1nc(Cl)nc2c1ncn2[C@@H]1O[C@H](COC(Cc2ccc(-c3ccccc3C(=O)O)cc2)(C(=O)O)C2=NCN=N2)[C@@H](O)[C@H]1O.Cc1nc(N)c2ncn([C@@H]3O[C@H](COC(Cc4ccccc4)(C(=O)O)C(=O)O)[C@@](C)(O)[C@H]3O)c2n1. The molecule has 41 heteroatoms. The van der Waals surface area contributed by atoms with Crippen LogP contribution in [0.3, 0.4) is 0 Å². The number of ketones is 1. The Balaban J connectivity index is 0.000000175. The van der Waals surface area contributed by atoms with E-state index in [0.717, 1.165) is 0 Å². The molecule has 0 radical (unpaired) electrons. The van der Waals surface area contributed by atoms with Gasteiger partial charge in [-0.15, -0.1) is 5.11 Å². The van der Waals surface area contributed by atoms with Crippen LogP contribution in [0.4, 0.5) is 11.6 Å². The second kappa shape index (κ2) is 35.2. The van der Waals surface area contributed by atoms with Gasteiger partial charge in [0, 0.05) is 19.3 Å². The molecular weight excluding hydrogens is 1570 g/mol. The number of amidine groups is 1. The normalized spacial score (nSPS) is 23.8. The van der Waals surface area contributed by atoms with E-state index in [1.54, 1.807) is 125 Å². The second-order valence-corrected chi connectivity index (χ2v) is 28.6. The molecule has 4 aliphatic rings. The number of hydrogen-bond acceptors (Lipinski definition) is 33. The lowest BCUT2D eigenvalue weighted by molar-refractivity contribution is -0.192. The van der Waals surface area contributed by atoms with E-state index in [-0.39, 0.29) is 78.7 Å². The maximum atomic E-state index is 13.0. The molecule has 14 rings (SSSR count). The third-order valence-corrected chi connectivity index (χ3v) is 20.6. The average Bonchev–Trinajstić information content (AvgIpc) is 1.60. The van der Waals surface area contributed by atoms with E-state index in [2.05, 4.69) is 60.1 Å². The molecule has 14 N–H and O–H groups in total. The molecule has 10 heterocycles. The van der Waals surface area contributed by atoms with Crippen molar-refractivity contribution in [2.24, 2.45) is 15.2 Å². The number of hydrogen-bond donors (Lipinski definition) is 12. The number of carbonyl (C=O) groups excluding carboxylic acids is 2. The van der Waals surface area contributed by atoms with Gasteiger partial charge in [0.25, 0.3) is 5.60 Å². The highest BCUT2D eigenvalue weighted by atomic mass is 35.5. The number of carbonyl (C=O) groups is 6. The van der Waals surface area contributed by atoms with Gasteiger partial charge >= 0.3 is 29.8 Å². The van der Waals surface area contributed by atoms with E-state index in [1.807, 2.05) is 6.07 Å². The molecule has 6 aromatic heterocycles. The predicted octanol–water partition coefficient (Wildman–Crippen LogP) is 4.08. The number of nitrogen functional groups attached to an aromatic ring is 2. The van der Waals surface area contributed by atoms with Crippen molar-refractivity contribution in [2.45, 2.75) is 165 Å². The van der Waals surface area contributed by atoms with Crippen molar-refractivity contribution < 1.29 is 113 Å². The molecule has 624 valence electrons. The maximum Gasteiger partial charge on any atom is 0.348 e. The van der Waals surface area contributed by atoms with Gasteiger partial charge in [0.15, 0.2) is 65.5 Å². The predicted molar refractivity (Wildman–Crippen MR) is 414 cm³/mol. The summed E-state index contributed by atoms with van der Waals surface area (Å²) in [5.41, 5.74) is 6.56. The van der Waals surface area contributed by atoms with Crippen LogP contribution in [0.5, 0.6) is 0 Å². The lowest BCUT2D eigenvalue weighted by atomic mass is 9.89. The molecule has 14 atom stereocenters. The number of anilines is 2. The highest BCUT2D eigenvalue weighted by molar-refractivity contribution is 6.28. The third kappa shape index (κ3) is 17.1. The minimum Gasteiger partial charge on any atom is -0.479 e. The molecule has 4 aliphatic heterocycles. The molecule has 40 nitrogen and oxygen atoms in total. The lowest BCUT2D eigenvalue weighted by Crippen LogP contribution is -2.54. The first-order valence-electron chi connectivity index (χ1n) is 36.2. The summed E-state index contributed by atoms with van der Waals surface area (Å²) < 4.78 is 44.7. The number of aromatic carboxylic acids is 1. The molecule has 10 aromatic rings. The number of aromatic nitrogens is 12. The number of nitrogens with two attached hydrogens (primary N) is 2. The minimum absolute atomic E-state index is 0. The molecule has 4 aromatic carbocycles. The first kappa shape index (κ1) is 87.1. The fourth-order valence-electron chi connectivity index (χ4n) is 13.9. The van der Waals surface area contributed by atoms with Gasteiger partial charge in [-0.1, -0.05) is 111 Å². The molecule has 0 aliphatic carbocycles. The Morgan fingerprint density at radius 2 is 1.04 bits per heavy atom. The Morgan fingerprint density at radius 3 is 1.53 bits per heavy atom. The number of Topliss-reactive ketones (excluding diaryl/α,β-unsaturated/α-hetero) is 1. The highest BCUT2D eigenvalue weighted by Gasteiger charge is 2.59. The van der Waals surface area contributed by atoms with Crippen LogP contribution in [0, 0.1) is 20.8 Å².